The maximum atomic E-state index is 10.6. The van der Waals surface area contributed by atoms with Gasteiger partial charge in [0.2, 0.25) is 0 Å². The molecule has 2 heteroatoms. The van der Waals surface area contributed by atoms with E-state index in [1.54, 1.807) is 6.20 Å². The summed E-state index contributed by atoms with van der Waals surface area (Å²) >= 11 is 0. The molecule has 0 radical (unpaired) electrons. The largest absolute Gasteiger partial charge is 0.385 e. The van der Waals surface area contributed by atoms with Crippen LogP contribution >= 0.6 is 0 Å². The van der Waals surface area contributed by atoms with E-state index in [4.69, 9.17) is 0 Å². The van der Waals surface area contributed by atoms with E-state index in [1.165, 1.54) is 0 Å². The van der Waals surface area contributed by atoms with E-state index >= 15 is 0 Å². The number of pyridine rings is 1. The Morgan fingerprint density at radius 1 is 1.29 bits per heavy atom. The molecule has 0 amide bonds. The van der Waals surface area contributed by atoms with Gasteiger partial charge in [0.25, 0.3) is 0 Å². The molecule has 0 fully saturated rings. The van der Waals surface area contributed by atoms with E-state index in [9.17, 15) is 5.11 Å². The maximum Gasteiger partial charge on any atom is 0.0877 e. The molecule has 0 saturated carbocycles. The lowest BCUT2D eigenvalue weighted by molar-refractivity contribution is 0.0363. The first kappa shape index (κ1) is 12.1. The zero-order valence-corrected chi connectivity index (χ0v) is 10.6. The van der Waals surface area contributed by atoms with Crippen molar-refractivity contribution in [2.24, 2.45) is 5.92 Å². The van der Waals surface area contributed by atoms with Crippen molar-refractivity contribution in [3.8, 4) is 0 Å². The zero-order chi connectivity index (χ0) is 12.5. The first-order chi connectivity index (χ1) is 8.00. The van der Waals surface area contributed by atoms with Gasteiger partial charge in [0, 0.05) is 17.8 Å². The molecule has 17 heavy (non-hydrogen) atoms. The summed E-state index contributed by atoms with van der Waals surface area (Å²) < 4.78 is 0. The van der Waals surface area contributed by atoms with Gasteiger partial charge in [-0.15, -0.1) is 0 Å². The molecule has 1 aromatic carbocycles. The molecule has 2 rings (SSSR count). The second-order valence-corrected chi connectivity index (χ2v) is 5.27. The summed E-state index contributed by atoms with van der Waals surface area (Å²) in [7, 11) is 0. The molecule has 0 saturated heterocycles. The van der Waals surface area contributed by atoms with Crippen molar-refractivity contribution >= 4 is 10.8 Å². The molecule has 0 aliphatic carbocycles. The lowest BCUT2D eigenvalue weighted by Gasteiger charge is -2.27. The van der Waals surface area contributed by atoms with Crippen LogP contribution in [-0.2, 0) is 5.60 Å². The molecule has 0 aliphatic heterocycles. The van der Waals surface area contributed by atoms with Crippen LogP contribution in [0.15, 0.2) is 36.7 Å². The standard InChI is InChI=1S/C15H19NO/c1-11(2)9-15(3,17)14-6-4-5-12-7-8-16-10-13(12)14/h4-8,10-11,17H,9H2,1-3H3. The Hall–Kier alpha value is -1.41. The van der Waals surface area contributed by atoms with Gasteiger partial charge >= 0.3 is 0 Å². The number of aromatic nitrogens is 1. The Morgan fingerprint density at radius 2 is 2.06 bits per heavy atom. The van der Waals surface area contributed by atoms with E-state index < -0.39 is 5.60 Å². The molecule has 1 heterocycles. The van der Waals surface area contributed by atoms with Crippen LogP contribution in [0.5, 0.6) is 0 Å². The van der Waals surface area contributed by atoms with Crippen molar-refractivity contribution in [3.05, 3.63) is 42.2 Å². The lowest BCUT2D eigenvalue weighted by Crippen LogP contribution is -2.23. The van der Waals surface area contributed by atoms with E-state index in [-0.39, 0.29) is 0 Å². The Morgan fingerprint density at radius 3 is 2.76 bits per heavy atom. The lowest BCUT2D eigenvalue weighted by atomic mass is 9.85. The highest BCUT2D eigenvalue weighted by Gasteiger charge is 2.26. The molecule has 1 N–H and O–H groups in total. The number of aliphatic hydroxyl groups is 1. The number of hydrogen-bond donors (Lipinski definition) is 1. The summed E-state index contributed by atoms with van der Waals surface area (Å²) in [5.74, 6) is 0.455. The van der Waals surface area contributed by atoms with Crippen molar-refractivity contribution in [2.75, 3.05) is 0 Å². The van der Waals surface area contributed by atoms with Crippen molar-refractivity contribution in [3.63, 3.8) is 0 Å². The van der Waals surface area contributed by atoms with Crippen LogP contribution in [0.25, 0.3) is 10.8 Å². The Kier molecular flexibility index (Phi) is 3.16. The molecule has 2 aromatic rings. The molecule has 0 aliphatic rings. The number of hydrogen-bond acceptors (Lipinski definition) is 2. The van der Waals surface area contributed by atoms with Crippen LogP contribution in [0.1, 0.15) is 32.8 Å². The third kappa shape index (κ3) is 2.47. The van der Waals surface area contributed by atoms with Gasteiger partial charge in [0.15, 0.2) is 0 Å². The fourth-order valence-electron chi connectivity index (χ4n) is 2.49. The van der Waals surface area contributed by atoms with Crippen LogP contribution in [0.3, 0.4) is 0 Å². The van der Waals surface area contributed by atoms with Crippen molar-refractivity contribution in [1.29, 1.82) is 0 Å². The fourth-order valence-corrected chi connectivity index (χ4v) is 2.49. The second-order valence-electron chi connectivity index (χ2n) is 5.27. The molecule has 2 nitrogen and oxygen atoms in total. The summed E-state index contributed by atoms with van der Waals surface area (Å²) in [5, 5.41) is 12.8. The van der Waals surface area contributed by atoms with Gasteiger partial charge in [-0.1, -0.05) is 32.0 Å². The summed E-state index contributed by atoms with van der Waals surface area (Å²) in [6.45, 7) is 6.13. The third-order valence-electron chi connectivity index (χ3n) is 3.07. The van der Waals surface area contributed by atoms with Crippen LogP contribution in [-0.4, -0.2) is 10.1 Å². The van der Waals surface area contributed by atoms with Gasteiger partial charge in [-0.3, -0.25) is 4.98 Å². The summed E-state index contributed by atoms with van der Waals surface area (Å²) in [6.07, 6.45) is 4.36. The normalized spacial score (nSPS) is 15.1. The van der Waals surface area contributed by atoms with Crippen LogP contribution in [0.2, 0.25) is 0 Å². The first-order valence-electron chi connectivity index (χ1n) is 6.06. The number of nitrogens with zero attached hydrogens (tertiary/aromatic N) is 1. The van der Waals surface area contributed by atoms with Gasteiger partial charge in [-0.2, -0.15) is 0 Å². The maximum absolute atomic E-state index is 10.6. The van der Waals surface area contributed by atoms with Crippen LogP contribution < -0.4 is 0 Å². The first-order valence-corrected chi connectivity index (χ1v) is 6.06. The van der Waals surface area contributed by atoms with Gasteiger partial charge in [0.1, 0.15) is 0 Å². The highest BCUT2D eigenvalue weighted by Crippen LogP contribution is 2.32. The van der Waals surface area contributed by atoms with Gasteiger partial charge in [-0.25, -0.2) is 0 Å². The van der Waals surface area contributed by atoms with Crippen molar-refractivity contribution in [2.45, 2.75) is 32.8 Å². The topological polar surface area (TPSA) is 33.1 Å². The monoisotopic (exact) mass is 229 g/mol. The van der Waals surface area contributed by atoms with Crippen LogP contribution in [0.4, 0.5) is 0 Å². The number of benzene rings is 1. The molecular weight excluding hydrogens is 210 g/mol. The van der Waals surface area contributed by atoms with Crippen LogP contribution in [0, 0.1) is 5.92 Å². The minimum atomic E-state index is -0.795. The fraction of sp³-hybridized carbons (Fsp3) is 0.400. The predicted octanol–water partition coefficient (Wildman–Crippen LogP) is 3.49. The van der Waals surface area contributed by atoms with Gasteiger partial charge in [-0.05, 0) is 36.3 Å². The number of fused-ring (bicyclic) bond motifs is 1. The summed E-state index contributed by atoms with van der Waals surface area (Å²) in [5.41, 5.74) is 0.174. The van der Waals surface area contributed by atoms with E-state index in [2.05, 4.69) is 18.8 Å². The second kappa shape index (κ2) is 4.46. The average Bonchev–Trinajstić information content (AvgIpc) is 2.26. The molecule has 1 unspecified atom stereocenters. The van der Waals surface area contributed by atoms with E-state index in [0.717, 1.165) is 22.8 Å². The zero-order valence-electron chi connectivity index (χ0n) is 10.6. The molecule has 1 aromatic heterocycles. The van der Waals surface area contributed by atoms with E-state index in [0.29, 0.717) is 5.92 Å². The number of rotatable bonds is 3. The van der Waals surface area contributed by atoms with Gasteiger partial charge < -0.3 is 5.11 Å². The summed E-state index contributed by atoms with van der Waals surface area (Å²) in [4.78, 5) is 4.16. The molecular formula is C15H19NO. The van der Waals surface area contributed by atoms with Crippen molar-refractivity contribution < 1.29 is 5.11 Å². The molecule has 1 atom stereocenters. The average molecular weight is 229 g/mol. The molecule has 0 spiro atoms. The highest BCUT2D eigenvalue weighted by atomic mass is 16.3. The Balaban J connectivity index is 2.55. The Labute approximate surface area is 102 Å². The smallest absolute Gasteiger partial charge is 0.0877 e. The minimum absolute atomic E-state index is 0.455. The minimum Gasteiger partial charge on any atom is -0.385 e. The summed E-state index contributed by atoms with van der Waals surface area (Å²) in [6, 6.07) is 8.01. The highest BCUT2D eigenvalue weighted by molar-refractivity contribution is 5.85. The van der Waals surface area contributed by atoms with Crippen molar-refractivity contribution in [1.82, 2.24) is 4.98 Å². The molecule has 0 bridgehead atoms. The van der Waals surface area contributed by atoms with E-state index in [1.807, 2.05) is 37.4 Å². The Bertz CT molecular complexity index is 512. The van der Waals surface area contributed by atoms with Gasteiger partial charge in [0.05, 0.1) is 5.60 Å². The quantitative estimate of drug-likeness (QED) is 0.874. The SMILES string of the molecule is CC(C)CC(C)(O)c1cccc2ccncc12. The third-order valence-corrected chi connectivity index (χ3v) is 3.07. The predicted molar refractivity (Wildman–Crippen MR) is 70.8 cm³/mol. The molecule has 90 valence electrons.